The predicted molar refractivity (Wildman–Crippen MR) is 101 cm³/mol. The zero-order chi connectivity index (χ0) is 18.2. The Labute approximate surface area is 154 Å². The van der Waals surface area contributed by atoms with Crippen LogP contribution in [0.1, 0.15) is 53.8 Å². The molecule has 0 spiro atoms. The molecule has 1 fully saturated rings. The Morgan fingerprint density at radius 3 is 2.96 bits per heavy atom. The molecular formula is C20H28N4O2. The van der Waals surface area contributed by atoms with Crippen molar-refractivity contribution >= 4 is 5.91 Å². The zero-order valence-electron chi connectivity index (χ0n) is 15.4. The van der Waals surface area contributed by atoms with E-state index in [1.54, 1.807) is 6.07 Å². The number of benzene rings is 1. The van der Waals surface area contributed by atoms with Crippen molar-refractivity contribution in [1.29, 1.82) is 0 Å². The van der Waals surface area contributed by atoms with E-state index in [9.17, 15) is 4.79 Å². The van der Waals surface area contributed by atoms with Crippen LogP contribution < -0.4 is 10.6 Å². The monoisotopic (exact) mass is 356 g/mol. The molecule has 1 aromatic carbocycles. The third-order valence-corrected chi connectivity index (χ3v) is 4.65. The minimum atomic E-state index is -0.142. The Kier molecular flexibility index (Phi) is 6.80. The number of rotatable bonds is 8. The minimum absolute atomic E-state index is 0.142. The Balaban J connectivity index is 1.56. The summed E-state index contributed by atoms with van der Waals surface area (Å²) in [5.74, 6) is -0.142. The average Bonchev–Trinajstić information content (AvgIpc) is 3.18. The molecule has 0 radical (unpaired) electrons. The minimum Gasteiger partial charge on any atom is -0.377 e. The van der Waals surface area contributed by atoms with Gasteiger partial charge in [0.25, 0.3) is 5.91 Å². The molecule has 3 rings (SSSR count). The van der Waals surface area contributed by atoms with Gasteiger partial charge in [-0.2, -0.15) is 5.10 Å². The van der Waals surface area contributed by atoms with Crippen LogP contribution in [0.4, 0.5) is 0 Å². The van der Waals surface area contributed by atoms with Gasteiger partial charge in [-0.3, -0.25) is 9.48 Å². The smallest absolute Gasteiger partial charge is 0.272 e. The standard InChI is InChI=1S/C20H28N4O2/c1-2-12-26-15-17-7-4-3-6-16(17)13-22-20(25)19-9-11-24(23-19)18-8-5-10-21-14-18/h3-4,6-7,9,11,18,21H,2,5,8,10,12-15H2,1H3,(H,22,25). The summed E-state index contributed by atoms with van der Waals surface area (Å²) < 4.78 is 7.55. The van der Waals surface area contributed by atoms with E-state index >= 15 is 0 Å². The molecule has 6 nitrogen and oxygen atoms in total. The normalized spacial score (nSPS) is 17.2. The van der Waals surface area contributed by atoms with Gasteiger partial charge in [0.05, 0.1) is 12.6 Å². The first-order valence-corrected chi connectivity index (χ1v) is 9.46. The Hall–Kier alpha value is -2.18. The molecule has 1 amide bonds. The van der Waals surface area contributed by atoms with Crippen molar-refractivity contribution in [3.63, 3.8) is 0 Å². The van der Waals surface area contributed by atoms with Gasteiger partial charge in [0.2, 0.25) is 0 Å². The summed E-state index contributed by atoms with van der Waals surface area (Å²) in [6, 6.07) is 10.2. The van der Waals surface area contributed by atoms with Crippen LogP contribution in [0.25, 0.3) is 0 Å². The lowest BCUT2D eigenvalue weighted by molar-refractivity contribution is 0.0943. The van der Waals surface area contributed by atoms with Crippen LogP contribution in [-0.2, 0) is 17.9 Å². The van der Waals surface area contributed by atoms with Gasteiger partial charge in [-0.1, -0.05) is 31.2 Å². The molecule has 1 aliphatic heterocycles. The van der Waals surface area contributed by atoms with E-state index < -0.39 is 0 Å². The van der Waals surface area contributed by atoms with Crippen LogP contribution in [0.5, 0.6) is 0 Å². The first kappa shape index (κ1) is 18.6. The van der Waals surface area contributed by atoms with Crippen LogP contribution in [0, 0.1) is 0 Å². The lowest BCUT2D eigenvalue weighted by Gasteiger charge is -2.22. The second-order valence-electron chi connectivity index (χ2n) is 6.69. The maximum absolute atomic E-state index is 12.5. The summed E-state index contributed by atoms with van der Waals surface area (Å²) in [5, 5.41) is 10.8. The van der Waals surface area contributed by atoms with E-state index in [-0.39, 0.29) is 5.91 Å². The lowest BCUT2D eigenvalue weighted by Crippen LogP contribution is -2.32. The summed E-state index contributed by atoms with van der Waals surface area (Å²) in [6.07, 6.45) is 5.14. The number of carbonyl (C=O) groups excluding carboxylic acids is 1. The van der Waals surface area contributed by atoms with E-state index in [1.165, 1.54) is 0 Å². The van der Waals surface area contributed by atoms with Gasteiger partial charge in [-0.15, -0.1) is 0 Å². The topological polar surface area (TPSA) is 68.2 Å². The van der Waals surface area contributed by atoms with Gasteiger partial charge in [0.15, 0.2) is 0 Å². The third kappa shape index (κ3) is 4.93. The maximum Gasteiger partial charge on any atom is 0.272 e. The van der Waals surface area contributed by atoms with Crippen LogP contribution in [-0.4, -0.2) is 35.4 Å². The fourth-order valence-electron chi connectivity index (χ4n) is 3.19. The average molecular weight is 356 g/mol. The van der Waals surface area contributed by atoms with E-state index in [1.807, 2.05) is 35.1 Å². The molecule has 6 heteroatoms. The number of aromatic nitrogens is 2. The fourth-order valence-corrected chi connectivity index (χ4v) is 3.19. The van der Waals surface area contributed by atoms with Crippen molar-refractivity contribution in [2.24, 2.45) is 0 Å². The van der Waals surface area contributed by atoms with Crippen molar-refractivity contribution in [3.8, 4) is 0 Å². The number of ether oxygens (including phenoxy) is 1. The van der Waals surface area contributed by atoms with Crippen molar-refractivity contribution in [2.75, 3.05) is 19.7 Å². The van der Waals surface area contributed by atoms with E-state index in [2.05, 4.69) is 22.7 Å². The van der Waals surface area contributed by atoms with E-state index in [0.717, 1.165) is 50.1 Å². The number of piperidine rings is 1. The molecule has 1 aliphatic rings. The molecule has 26 heavy (non-hydrogen) atoms. The largest absolute Gasteiger partial charge is 0.377 e. The van der Waals surface area contributed by atoms with E-state index in [4.69, 9.17) is 4.74 Å². The van der Waals surface area contributed by atoms with E-state index in [0.29, 0.717) is 24.9 Å². The Morgan fingerprint density at radius 2 is 2.19 bits per heavy atom. The molecule has 2 N–H and O–H groups in total. The molecule has 1 atom stereocenters. The number of nitrogens with one attached hydrogen (secondary N) is 2. The van der Waals surface area contributed by atoms with Crippen molar-refractivity contribution in [1.82, 2.24) is 20.4 Å². The molecule has 2 aromatic rings. The summed E-state index contributed by atoms with van der Waals surface area (Å²) in [6.45, 7) is 5.86. The lowest BCUT2D eigenvalue weighted by atomic mass is 10.1. The molecule has 1 unspecified atom stereocenters. The summed E-state index contributed by atoms with van der Waals surface area (Å²) >= 11 is 0. The van der Waals surface area contributed by atoms with Crippen LogP contribution in [0.3, 0.4) is 0 Å². The number of amides is 1. The highest BCUT2D eigenvalue weighted by molar-refractivity contribution is 5.92. The fraction of sp³-hybridized carbons (Fsp3) is 0.500. The molecular weight excluding hydrogens is 328 g/mol. The Bertz CT molecular complexity index is 707. The van der Waals surface area contributed by atoms with Crippen LogP contribution >= 0.6 is 0 Å². The highest BCUT2D eigenvalue weighted by atomic mass is 16.5. The molecule has 0 aliphatic carbocycles. The SMILES string of the molecule is CCCOCc1ccccc1CNC(=O)c1ccn(C2CCCNC2)n1. The highest BCUT2D eigenvalue weighted by Crippen LogP contribution is 2.16. The van der Waals surface area contributed by atoms with Crippen LogP contribution in [0.15, 0.2) is 36.5 Å². The second-order valence-corrected chi connectivity index (χ2v) is 6.69. The number of hydrogen-bond acceptors (Lipinski definition) is 4. The molecule has 2 heterocycles. The number of nitrogens with zero attached hydrogens (tertiary/aromatic N) is 2. The Morgan fingerprint density at radius 1 is 1.35 bits per heavy atom. The first-order valence-electron chi connectivity index (χ1n) is 9.46. The quantitative estimate of drug-likeness (QED) is 0.714. The molecule has 0 bridgehead atoms. The summed E-state index contributed by atoms with van der Waals surface area (Å²) in [4.78, 5) is 12.5. The maximum atomic E-state index is 12.5. The molecule has 1 saturated heterocycles. The van der Waals surface area contributed by atoms with Gasteiger partial charge in [0, 0.05) is 25.9 Å². The first-order chi connectivity index (χ1) is 12.8. The van der Waals surface area contributed by atoms with Crippen molar-refractivity contribution in [3.05, 3.63) is 53.3 Å². The summed E-state index contributed by atoms with van der Waals surface area (Å²) in [5.41, 5.74) is 2.66. The van der Waals surface area contributed by atoms with Crippen LogP contribution in [0.2, 0.25) is 0 Å². The third-order valence-electron chi connectivity index (χ3n) is 4.65. The summed E-state index contributed by atoms with van der Waals surface area (Å²) in [7, 11) is 0. The molecule has 0 saturated carbocycles. The highest BCUT2D eigenvalue weighted by Gasteiger charge is 2.17. The van der Waals surface area contributed by atoms with Gasteiger partial charge >= 0.3 is 0 Å². The zero-order valence-corrected chi connectivity index (χ0v) is 15.4. The number of carbonyl (C=O) groups is 1. The van der Waals surface area contributed by atoms with Crippen molar-refractivity contribution in [2.45, 2.75) is 45.4 Å². The second kappa shape index (κ2) is 9.50. The predicted octanol–water partition coefficient (Wildman–Crippen LogP) is 2.66. The van der Waals surface area contributed by atoms with Gasteiger partial charge in [-0.05, 0) is 43.0 Å². The van der Waals surface area contributed by atoms with Crippen molar-refractivity contribution < 1.29 is 9.53 Å². The molecule has 1 aromatic heterocycles. The van der Waals surface area contributed by atoms with Gasteiger partial charge in [0.1, 0.15) is 5.69 Å². The van der Waals surface area contributed by atoms with Gasteiger partial charge in [-0.25, -0.2) is 0 Å². The number of hydrogen-bond donors (Lipinski definition) is 2. The van der Waals surface area contributed by atoms with Gasteiger partial charge < -0.3 is 15.4 Å². The molecule has 140 valence electrons.